The summed E-state index contributed by atoms with van der Waals surface area (Å²) in [5, 5.41) is 31.9. The van der Waals surface area contributed by atoms with E-state index in [-0.39, 0.29) is 47.1 Å². The maximum atomic E-state index is 13.2. The molecular weight excluding hydrogens is 554 g/mol. The lowest BCUT2D eigenvalue weighted by Gasteiger charge is -2.53. The maximum absolute atomic E-state index is 13.2. The smallest absolute Gasteiger partial charge is 0.313 e. The zero-order valence-corrected chi connectivity index (χ0v) is 22.0. The normalized spacial score (nSPS) is 22.9. The van der Waals surface area contributed by atoms with Gasteiger partial charge in [-0.25, -0.2) is 4.98 Å². The summed E-state index contributed by atoms with van der Waals surface area (Å²) in [6, 6.07) is 8.45. The summed E-state index contributed by atoms with van der Waals surface area (Å²) in [4.78, 5) is 49.4. The molecule has 2 saturated heterocycles. The number of H-pyrrole nitrogens is 1. The van der Waals surface area contributed by atoms with E-state index in [2.05, 4.69) is 36.1 Å². The Hall–Kier alpha value is -3.70. The van der Waals surface area contributed by atoms with E-state index in [1.54, 1.807) is 5.38 Å². The van der Waals surface area contributed by atoms with E-state index in [0.29, 0.717) is 5.16 Å². The van der Waals surface area contributed by atoms with Crippen LogP contribution in [-0.4, -0.2) is 88.6 Å². The third-order valence-corrected chi connectivity index (χ3v) is 9.29. The topological polar surface area (TPSA) is 202 Å². The van der Waals surface area contributed by atoms with E-state index in [1.807, 2.05) is 30.3 Å². The highest BCUT2D eigenvalue weighted by atomic mass is 32.2. The minimum absolute atomic E-state index is 0.000190. The Morgan fingerprint density at radius 3 is 2.87 bits per heavy atom. The number of nitrogen functional groups attached to an aromatic ring is 1. The van der Waals surface area contributed by atoms with Crippen LogP contribution in [0.2, 0.25) is 0 Å². The third kappa shape index (κ3) is 5.30. The van der Waals surface area contributed by atoms with Crippen LogP contribution in [-0.2, 0) is 25.8 Å². The number of anilines is 1. The first-order chi connectivity index (χ1) is 18.4. The molecule has 198 valence electrons. The number of carboxylic acid groups (broad SMARTS) is 1. The number of tetrazole rings is 1. The number of hydrogen-bond donors (Lipinski definition) is 4. The first kappa shape index (κ1) is 25.9. The van der Waals surface area contributed by atoms with Gasteiger partial charge in [-0.05, 0) is 10.8 Å². The van der Waals surface area contributed by atoms with Gasteiger partial charge in [0.15, 0.2) is 10.8 Å². The van der Waals surface area contributed by atoms with Crippen molar-refractivity contribution in [1.82, 2.24) is 35.8 Å². The molecule has 17 heteroatoms. The van der Waals surface area contributed by atoms with Crippen LogP contribution >= 0.6 is 34.9 Å². The molecule has 3 aromatic rings. The van der Waals surface area contributed by atoms with Gasteiger partial charge in [0.1, 0.15) is 29.1 Å². The first-order valence-corrected chi connectivity index (χ1v) is 14.1. The molecule has 0 aliphatic carbocycles. The summed E-state index contributed by atoms with van der Waals surface area (Å²) in [6.45, 7) is 0.130. The molecule has 0 bridgehead atoms. The number of benzene rings is 1. The number of rotatable bonds is 10. The Kier molecular flexibility index (Phi) is 7.48. The fourth-order valence-electron chi connectivity index (χ4n) is 3.88. The van der Waals surface area contributed by atoms with Crippen molar-refractivity contribution < 1.29 is 24.3 Å². The number of nitrogens with one attached hydrogen (secondary N) is 2. The van der Waals surface area contributed by atoms with Crippen LogP contribution in [0.15, 0.2) is 46.0 Å². The van der Waals surface area contributed by atoms with Gasteiger partial charge in [0.2, 0.25) is 11.1 Å². The largest absolute Gasteiger partial charge is 0.481 e. The zero-order valence-electron chi connectivity index (χ0n) is 19.5. The van der Waals surface area contributed by atoms with Crippen LogP contribution in [0.1, 0.15) is 11.3 Å². The Bertz CT molecular complexity index is 1350. The molecule has 5 rings (SSSR count). The molecule has 5 N–H and O–H groups in total. The van der Waals surface area contributed by atoms with Crippen LogP contribution < -0.4 is 11.1 Å². The van der Waals surface area contributed by atoms with E-state index in [4.69, 9.17) is 10.6 Å². The van der Waals surface area contributed by atoms with Crippen molar-refractivity contribution in [3.63, 3.8) is 0 Å². The van der Waals surface area contributed by atoms with Gasteiger partial charge in [0, 0.05) is 23.4 Å². The Morgan fingerprint density at radius 1 is 1.37 bits per heavy atom. The third-order valence-electron chi connectivity index (χ3n) is 5.90. The molecule has 0 saturated carbocycles. The number of fused-ring (bicyclic) bond motifs is 1. The molecule has 2 aliphatic rings. The lowest BCUT2D eigenvalue weighted by atomic mass is 9.89. The summed E-state index contributed by atoms with van der Waals surface area (Å²) >= 11 is 3.58. The summed E-state index contributed by atoms with van der Waals surface area (Å²) in [7, 11) is 0. The quantitative estimate of drug-likeness (QED) is 0.112. The van der Waals surface area contributed by atoms with Gasteiger partial charge in [0.25, 0.3) is 5.91 Å². The van der Waals surface area contributed by atoms with Crippen molar-refractivity contribution in [3.05, 3.63) is 47.0 Å². The van der Waals surface area contributed by atoms with Crippen molar-refractivity contribution in [2.45, 2.75) is 23.2 Å². The number of hydrogen-bond acceptors (Lipinski definition) is 13. The number of nitrogens with two attached hydrogens (primary N) is 1. The molecule has 38 heavy (non-hydrogen) atoms. The fraction of sp³-hybridized carbons (Fsp3) is 0.333. The van der Waals surface area contributed by atoms with Crippen molar-refractivity contribution in [3.8, 4) is 0 Å². The standard InChI is InChI=1S/C21H21N9O5S3/c22-19-23-12(7-36-19)13(27-35-6-11-4-2-1-3-5-11)15(31)24-14-16(32)30-8-21(18(33)34,9-37-17(14)30)10-38-20-25-28-29-26-20/h1-5,7,14,17H,6,8-10H2,(H2,22,23)(H,24,31)(H,33,34)(H,25,26,28,29)/t14?,17-,21?/m1/s1. The highest BCUT2D eigenvalue weighted by Gasteiger charge is 2.57. The number of carbonyl (C=O) groups is 3. The molecule has 1 aromatic carbocycles. The summed E-state index contributed by atoms with van der Waals surface area (Å²) < 4.78 is 0. The molecule has 2 aromatic heterocycles. The van der Waals surface area contributed by atoms with E-state index >= 15 is 0 Å². The number of aromatic amines is 1. The second kappa shape index (κ2) is 11.0. The van der Waals surface area contributed by atoms with Gasteiger partial charge < -0.3 is 25.9 Å². The van der Waals surface area contributed by atoms with Crippen molar-refractivity contribution in [1.29, 1.82) is 0 Å². The molecule has 0 spiro atoms. The number of aliphatic carboxylic acids is 1. The summed E-state index contributed by atoms with van der Waals surface area (Å²) in [5.41, 5.74) is 5.51. The number of carboxylic acids is 1. The average molecular weight is 576 g/mol. The molecule has 0 radical (unpaired) electrons. The fourth-order valence-corrected chi connectivity index (χ4v) is 7.02. The molecule has 4 heterocycles. The molecule has 2 fully saturated rings. The predicted molar refractivity (Wildman–Crippen MR) is 139 cm³/mol. The number of thioether (sulfide) groups is 2. The summed E-state index contributed by atoms with van der Waals surface area (Å²) in [6.07, 6.45) is 0. The Balaban J connectivity index is 1.25. The van der Waals surface area contributed by atoms with Crippen LogP contribution in [0.3, 0.4) is 0 Å². The first-order valence-electron chi connectivity index (χ1n) is 11.1. The zero-order chi connectivity index (χ0) is 26.7. The highest BCUT2D eigenvalue weighted by Crippen LogP contribution is 2.44. The molecule has 14 nitrogen and oxygen atoms in total. The van der Waals surface area contributed by atoms with Crippen molar-refractivity contribution in [2.75, 3.05) is 23.8 Å². The van der Waals surface area contributed by atoms with E-state index in [1.165, 1.54) is 16.7 Å². The van der Waals surface area contributed by atoms with Crippen LogP contribution in [0.5, 0.6) is 0 Å². The number of β-lactam (4-membered cyclic amide) rings is 1. The Labute approximate surface area is 227 Å². The van der Waals surface area contributed by atoms with Gasteiger partial charge >= 0.3 is 5.97 Å². The van der Waals surface area contributed by atoms with Crippen LogP contribution in [0.4, 0.5) is 5.13 Å². The number of oxime groups is 1. The predicted octanol–water partition coefficient (Wildman–Crippen LogP) is 0.423. The number of aromatic nitrogens is 5. The Morgan fingerprint density at radius 2 is 2.18 bits per heavy atom. The maximum Gasteiger partial charge on any atom is 0.313 e. The average Bonchev–Trinajstić information content (AvgIpc) is 3.60. The van der Waals surface area contributed by atoms with Gasteiger partial charge in [0.05, 0.1) is 0 Å². The van der Waals surface area contributed by atoms with E-state index in [0.717, 1.165) is 28.7 Å². The second-order valence-electron chi connectivity index (χ2n) is 8.46. The van der Waals surface area contributed by atoms with Gasteiger partial charge in [-0.2, -0.15) is 5.21 Å². The van der Waals surface area contributed by atoms with Crippen molar-refractivity contribution in [2.24, 2.45) is 10.6 Å². The van der Waals surface area contributed by atoms with Crippen molar-refractivity contribution >= 4 is 63.5 Å². The molecule has 2 aliphatic heterocycles. The lowest BCUT2D eigenvalue weighted by Crippen LogP contribution is -2.74. The van der Waals surface area contributed by atoms with Gasteiger partial charge in [-0.15, -0.1) is 33.3 Å². The lowest BCUT2D eigenvalue weighted by molar-refractivity contribution is -0.157. The highest BCUT2D eigenvalue weighted by molar-refractivity contribution is 8.00. The van der Waals surface area contributed by atoms with Crippen LogP contribution in [0, 0.1) is 5.41 Å². The van der Waals surface area contributed by atoms with E-state index < -0.39 is 28.7 Å². The SMILES string of the molecule is Nc1nc(C(=NOCc2ccccc2)C(=O)NC2C(=O)N3CC(CSc4nn[nH]n4)(C(=O)O)CS[C@H]23)cs1. The molecule has 2 unspecified atom stereocenters. The number of nitrogens with zero attached hydrogens (tertiary/aromatic N) is 6. The molecular formula is C21H21N9O5S3. The van der Waals surface area contributed by atoms with Crippen LogP contribution in [0.25, 0.3) is 0 Å². The molecule has 2 amide bonds. The summed E-state index contributed by atoms with van der Waals surface area (Å²) in [5.74, 6) is -1.66. The van der Waals surface area contributed by atoms with Gasteiger partial charge in [-0.1, -0.05) is 47.2 Å². The monoisotopic (exact) mass is 575 g/mol. The minimum Gasteiger partial charge on any atom is -0.481 e. The number of amides is 2. The molecule has 3 atom stereocenters. The number of carbonyl (C=O) groups excluding carboxylic acids is 2. The van der Waals surface area contributed by atoms with E-state index in [9.17, 15) is 19.5 Å². The van der Waals surface area contributed by atoms with Gasteiger partial charge in [-0.3, -0.25) is 14.4 Å². The second-order valence-corrected chi connectivity index (χ2v) is 11.4. The minimum atomic E-state index is -1.20. The number of thiazole rings is 1.